The first kappa shape index (κ1) is 17.0. The molecule has 1 amide bonds. The van der Waals surface area contributed by atoms with Crippen LogP contribution in [0.1, 0.15) is 0 Å². The Bertz CT molecular complexity index is 906. The number of thioether (sulfide) groups is 1. The van der Waals surface area contributed by atoms with Gasteiger partial charge < -0.3 is 5.32 Å². The summed E-state index contributed by atoms with van der Waals surface area (Å²) >= 11 is 8.87. The molecule has 0 radical (unpaired) electrons. The van der Waals surface area contributed by atoms with E-state index in [1.54, 1.807) is 17.8 Å². The molecular weight excluding hydrogens is 366 g/mol. The minimum Gasteiger partial charge on any atom is -0.354 e. The number of hydrogen-bond donors (Lipinski definition) is 1. The first-order chi connectivity index (χ1) is 11.6. The van der Waals surface area contributed by atoms with E-state index in [1.165, 1.54) is 22.2 Å². The second kappa shape index (κ2) is 7.83. The summed E-state index contributed by atoms with van der Waals surface area (Å²) in [6.45, 7) is 0.498. The Hall–Kier alpha value is -1.83. The van der Waals surface area contributed by atoms with Crippen molar-refractivity contribution in [3.8, 4) is 0 Å². The van der Waals surface area contributed by atoms with Crippen LogP contribution < -0.4 is 10.9 Å². The minimum atomic E-state index is -0.204. The minimum absolute atomic E-state index is 0.0246. The first-order valence-electron chi connectivity index (χ1n) is 7.21. The van der Waals surface area contributed by atoms with Gasteiger partial charge in [-0.25, -0.2) is 4.98 Å². The van der Waals surface area contributed by atoms with E-state index >= 15 is 0 Å². The molecule has 0 fully saturated rings. The van der Waals surface area contributed by atoms with Crippen molar-refractivity contribution in [2.24, 2.45) is 0 Å². The molecule has 0 spiro atoms. The van der Waals surface area contributed by atoms with Gasteiger partial charge >= 0.3 is 0 Å². The molecule has 0 aliphatic heterocycles. The van der Waals surface area contributed by atoms with Gasteiger partial charge in [-0.3, -0.25) is 14.2 Å². The zero-order valence-corrected chi connectivity index (χ0v) is 15.0. The summed E-state index contributed by atoms with van der Waals surface area (Å²) in [5.74, 6) is 0.537. The van der Waals surface area contributed by atoms with Gasteiger partial charge in [0.15, 0.2) is 0 Å². The third-order valence-corrected chi connectivity index (χ3v) is 5.36. The third-order valence-electron chi connectivity index (χ3n) is 3.27. The molecule has 124 valence electrons. The third kappa shape index (κ3) is 4.17. The van der Waals surface area contributed by atoms with Gasteiger partial charge in [-0.1, -0.05) is 11.6 Å². The number of fused-ring (bicyclic) bond motifs is 1. The van der Waals surface area contributed by atoms with Crippen LogP contribution >= 0.6 is 34.7 Å². The van der Waals surface area contributed by atoms with Crippen molar-refractivity contribution >= 4 is 50.8 Å². The highest BCUT2D eigenvalue weighted by atomic mass is 35.5. The Morgan fingerprint density at radius 2 is 2.08 bits per heavy atom. The molecular formula is C16H14ClN3O2S2. The van der Waals surface area contributed by atoms with Crippen molar-refractivity contribution in [2.75, 3.05) is 12.3 Å². The average Bonchev–Trinajstić information content (AvgIpc) is 3.05. The van der Waals surface area contributed by atoms with Crippen molar-refractivity contribution in [1.29, 1.82) is 0 Å². The lowest BCUT2D eigenvalue weighted by Gasteiger charge is -2.07. The van der Waals surface area contributed by atoms with Crippen molar-refractivity contribution < 1.29 is 4.79 Å². The molecule has 2 aromatic heterocycles. The Morgan fingerprint density at radius 1 is 1.29 bits per heavy atom. The van der Waals surface area contributed by atoms with Crippen molar-refractivity contribution in [3.05, 3.63) is 57.4 Å². The van der Waals surface area contributed by atoms with Crippen LogP contribution in [-0.2, 0) is 11.3 Å². The quantitative estimate of drug-likeness (QED) is 0.528. The molecule has 5 nitrogen and oxygen atoms in total. The lowest BCUT2D eigenvalue weighted by Crippen LogP contribution is -2.33. The molecule has 0 unspecified atom stereocenters. The lowest BCUT2D eigenvalue weighted by molar-refractivity contribution is -0.121. The highest BCUT2D eigenvalue weighted by molar-refractivity contribution is 7.99. The molecule has 3 aromatic rings. The number of nitrogens with one attached hydrogen (secondary N) is 1. The van der Waals surface area contributed by atoms with E-state index < -0.39 is 0 Å². The van der Waals surface area contributed by atoms with Crippen LogP contribution in [0.3, 0.4) is 0 Å². The van der Waals surface area contributed by atoms with E-state index in [1.807, 2.05) is 29.6 Å². The van der Waals surface area contributed by atoms with E-state index in [0.717, 1.165) is 10.6 Å². The monoisotopic (exact) mass is 379 g/mol. The van der Waals surface area contributed by atoms with Gasteiger partial charge in [0.25, 0.3) is 5.56 Å². The number of nitrogens with zero attached hydrogens (tertiary/aromatic N) is 2. The molecule has 0 aliphatic carbocycles. The summed E-state index contributed by atoms with van der Waals surface area (Å²) in [7, 11) is 0. The van der Waals surface area contributed by atoms with Crippen LogP contribution in [0.15, 0.2) is 51.7 Å². The van der Waals surface area contributed by atoms with Gasteiger partial charge in [-0.05, 0) is 35.7 Å². The molecule has 3 rings (SSSR count). The maximum Gasteiger partial charge on any atom is 0.262 e. The predicted molar refractivity (Wildman–Crippen MR) is 99.1 cm³/mol. The fourth-order valence-corrected chi connectivity index (χ4v) is 3.72. The second-order valence-corrected chi connectivity index (χ2v) is 7.47. The van der Waals surface area contributed by atoms with Crippen LogP contribution in [0.5, 0.6) is 0 Å². The van der Waals surface area contributed by atoms with Gasteiger partial charge in [0.2, 0.25) is 5.91 Å². The van der Waals surface area contributed by atoms with E-state index in [0.29, 0.717) is 21.8 Å². The largest absolute Gasteiger partial charge is 0.354 e. The predicted octanol–water partition coefficient (Wildman–Crippen LogP) is 3.02. The summed E-state index contributed by atoms with van der Waals surface area (Å²) in [5, 5.41) is 5.88. The normalized spacial score (nSPS) is 10.9. The lowest BCUT2D eigenvalue weighted by atomic mass is 10.4. The van der Waals surface area contributed by atoms with Gasteiger partial charge in [-0.15, -0.1) is 23.1 Å². The summed E-state index contributed by atoms with van der Waals surface area (Å²) < 4.78 is 1.33. The SMILES string of the molecule is O=C(Cn1cnc2sccc2c1=O)NCCSc1ccc(Cl)cc1. The maximum atomic E-state index is 12.2. The van der Waals surface area contributed by atoms with Crippen LogP contribution in [0.25, 0.3) is 10.2 Å². The van der Waals surface area contributed by atoms with Crippen LogP contribution in [0.2, 0.25) is 5.02 Å². The average molecular weight is 380 g/mol. The maximum absolute atomic E-state index is 12.2. The Morgan fingerprint density at radius 3 is 2.88 bits per heavy atom. The first-order valence-corrected chi connectivity index (χ1v) is 9.45. The molecule has 0 aliphatic rings. The molecule has 0 saturated carbocycles. The molecule has 0 saturated heterocycles. The summed E-state index contributed by atoms with van der Waals surface area (Å²) in [6, 6.07) is 9.28. The van der Waals surface area contributed by atoms with E-state index in [4.69, 9.17) is 11.6 Å². The highest BCUT2D eigenvalue weighted by Gasteiger charge is 2.08. The molecule has 2 heterocycles. The Kier molecular flexibility index (Phi) is 5.55. The molecule has 0 atom stereocenters. The zero-order chi connectivity index (χ0) is 16.9. The number of hydrogen-bond acceptors (Lipinski definition) is 5. The van der Waals surface area contributed by atoms with Crippen LogP contribution in [0.4, 0.5) is 0 Å². The number of carbonyl (C=O) groups excluding carboxylic acids is 1. The van der Waals surface area contributed by atoms with Gasteiger partial charge in [0, 0.05) is 22.2 Å². The summed E-state index contributed by atoms with van der Waals surface area (Å²) in [6.07, 6.45) is 1.42. The number of amides is 1. The smallest absolute Gasteiger partial charge is 0.262 e. The number of halogens is 1. The van der Waals surface area contributed by atoms with Gasteiger partial charge in [0.1, 0.15) is 11.4 Å². The standard InChI is InChI=1S/C16H14ClN3O2S2/c17-11-1-3-12(4-2-11)23-8-6-18-14(21)9-20-10-19-15-13(16(20)22)5-7-24-15/h1-5,7,10H,6,8-9H2,(H,18,21). The number of carbonyl (C=O) groups is 1. The van der Waals surface area contributed by atoms with E-state index in [-0.39, 0.29) is 18.0 Å². The number of rotatable bonds is 6. The second-order valence-electron chi connectivity index (χ2n) is 4.97. The molecule has 1 aromatic carbocycles. The molecule has 8 heteroatoms. The fourth-order valence-electron chi connectivity index (χ4n) is 2.11. The zero-order valence-electron chi connectivity index (χ0n) is 12.6. The summed E-state index contributed by atoms with van der Waals surface area (Å²) in [5.41, 5.74) is -0.188. The topological polar surface area (TPSA) is 64.0 Å². The Balaban J connectivity index is 1.49. The highest BCUT2D eigenvalue weighted by Crippen LogP contribution is 2.19. The number of thiophene rings is 1. The van der Waals surface area contributed by atoms with Crippen molar-refractivity contribution in [1.82, 2.24) is 14.9 Å². The molecule has 24 heavy (non-hydrogen) atoms. The number of aromatic nitrogens is 2. The molecule has 1 N–H and O–H groups in total. The summed E-state index contributed by atoms with van der Waals surface area (Å²) in [4.78, 5) is 30.1. The van der Waals surface area contributed by atoms with Crippen LogP contribution in [-0.4, -0.2) is 27.8 Å². The molecule has 0 bridgehead atoms. The van der Waals surface area contributed by atoms with Crippen molar-refractivity contribution in [3.63, 3.8) is 0 Å². The van der Waals surface area contributed by atoms with Gasteiger partial charge in [0.05, 0.1) is 11.7 Å². The van der Waals surface area contributed by atoms with E-state index in [2.05, 4.69) is 10.3 Å². The van der Waals surface area contributed by atoms with E-state index in [9.17, 15) is 9.59 Å². The van der Waals surface area contributed by atoms with Crippen LogP contribution in [0, 0.1) is 0 Å². The van der Waals surface area contributed by atoms with Crippen molar-refractivity contribution in [2.45, 2.75) is 11.4 Å². The fraction of sp³-hybridized carbons (Fsp3) is 0.188. The van der Waals surface area contributed by atoms with Gasteiger partial charge in [-0.2, -0.15) is 0 Å². The number of benzene rings is 1. The Labute approximate surface area is 151 Å².